The molecule has 7 heteroatoms. The van der Waals surface area contributed by atoms with E-state index in [1.54, 1.807) is 0 Å². The van der Waals surface area contributed by atoms with Crippen LogP contribution in [0.3, 0.4) is 0 Å². The van der Waals surface area contributed by atoms with Crippen molar-refractivity contribution in [1.29, 1.82) is 0 Å². The molecule has 0 saturated heterocycles. The van der Waals surface area contributed by atoms with Crippen LogP contribution < -0.4 is 0 Å². The minimum atomic E-state index is -0.398. The predicted octanol–water partition coefficient (Wildman–Crippen LogP) is 10.6. The van der Waals surface area contributed by atoms with Crippen molar-refractivity contribution in [2.75, 3.05) is 26.3 Å². The number of carbonyl (C=O) groups is 3. The monoisotopic (exact) mass is 844 g/mol. The minimum absolute atomic E-state index is 0.0873. The fourth-order valence-electron chi connectivity index (χ4n) is 8.89. The zero-order valence-corrected chi connectivity index (χ0v) is 36.7. The number of carbonyl (C=O) groups excluding carboxylic acids is 3. The second kappa shape index (κ2) is 19.1. The highest BCUT2D eigenvalue weighted by atomic mass is 16.3. The lowest BCUT2D eigenvalue weighted by Crippen LogP contribution is -2.26. The first-order chi connectivity index (χ1) is 31.0. The van der Waals surface area contributed by atoms with Gasteiger partial charge < -0.3 is 20.0 Å². The van der Waals surface area contributed by atoms with Gasteiger partial charge in [-0.2, -0.15) is 0 Å². The van der Waals surface area contributed by atoms with E-state index in [1.165, 1.54) is 0 Å². The number of nitrogens with zero attached hydrogens (tertiary/aromatic N) is 2. The van der Waals surface area contributed by atoms with Crippen molar-refractivity contribution in [1.82, 2.24) is 9.80 Å². The molecule has 0 amide bonds. The van der Waals surface area contributed by atoms with Crippen LogP contribution in [0.25, 0.3) is 11.1 Å². The molecular formula is C57H52N2O5. The highest BCUT2D eigenvalue weighted by molar-refractivity contribution is 6.13. The second-order valence-corrected chi connectivity index (χ2v) is 16.7. The Morgan fingerprint density at radius 3 is 1.16 bits per heavy atom. The van der Waals surface area contributed by atoms with Gasteiger partial charge in [-0.05, 0) is 72.2 Å². The molecule has 0 radical (unpaired) electrons. The standard InChI is InChI=1S/C57H52N2O5/c1-37-15-17-39(3)47(31-37)53-49(33-58(27-29-60)35-51(53)56(63)43-11-7-5-8-12-43)41-19-23-45(24-20-41)55(62)46-25-21-42(22-26-46)50-34-59(28-30-61)36-52(57(64)44-13-9-6-10-14-44)54(50)48-32-38(2)16-18-40(48)4/h5-26,31-36,53-54,60-61H,27-30H2,1-4H3. The van der Waals surface area contributed by atoms with Gasteiger partial charge in [0, 0.05) is 83.1 Å². The third kappa shape index (κ3) is 9.00. The minimum Gasteiger partial charge on any atom is -0.395 e. The molecule has 2 atom stereocenters. The molecule has 0 aromatic heterocycles. The third-order valence-electron chi connectivity index (χ3n) is 12.2. The smallest absolute Gasteiger partial charge is 0.193 e. The molecule has 320 valence electrons. The summed E-state index contributed by atoms with van der Waals surface area (Å²) in [6.07, 6.45) is 7.72. The van der Waals surface area contributed by atoms with E-state index < -0.39 is 11.8 Å². The summed E-state index contributed by atoms with van der Waals surface area (Å²) in [5, 5.41) is 20.0. The van der Waals surface area contributed by atoms with Gasteiger partial charge in [-0.3, -0.25) is 14.4 Å². The average Bonchev–Trinajstić information content (AvgIpc) is 3.33. The van der Waals surface area contributed by atoms with Crippen LogP contribution in [0.5, 0.6) is 0 Å². The molecule has 6 aromatic carbocycles. The number of rotatable bonds is 14. The van der Waals surface area contributed by atoms with E-state index in [1.807, 2.05) is 158 Å². The lowest BCUT2D eigenvalue weighted by Gasteiger charge is -2.33. The van der Waals surface area contributed by atoms with Crippen molar-refractivity contribution >= 4 is 28.5 Å². The van der Waals surface area contributed by atoms with Crippen LogP contribution in [0.15, 0.2) is 182 Å². The average molecular weight is 845 g/mol. The van der Waals surface area contributed by atoms with Gasteiger partial charge in [0.2, 0.25) is 0 Å². The molecule has 2 aliphatic heterocycles. The number of benzene rings is 6. The van der Waals surface area contributed by atoms with Gasteiger partial charge >= 0.3 is 0 Å². The molecule has 2 N–H and O–H groups in total. The molecule has 2 aliphatic rings. The van der Waals surface area contributed by atoms with Crippen LogP contribution in [0.4, 0.5) is 0 Å². The van der Waals surface area contributed by atoms with Crippen LogP contribution in [0, 0.1) is 27.7 Å². The number of hydrogen-bond donors (Lipinski definition) is 2. The van der Waals surface area contributed by atoms with Crippen LogP contribution >= 0.6 is 0 Å². The first-order valence-electron chi connectivity index (χ1n) is 21.7. The molecule has 0 aliphatic carbocycles. The number of β-amino-alcohol motifs (C(OH)–C–C–N with tert-alkyl or cyclic N) is 2. The summed E-state index contributed by atoms with van der Waals surface area (Å²) >= 11 is 0. The molecule has 0 saturated carbocycles. The van der Waals surface area contributed by atoms with Crippen molar-refractivity contribution in [3.05, 3.63) is 248 Å². The quantitative estimate of drug-likeness (QED) is 0.105. The molecule has 2 heterocycles. The molecule has 0 bridgehead atoms. The summed E-state index contributed by atoms with van der Waals surface area (Å²) < 4.78 is 0. The summed E-state index contributed by atoms with van der Waals surface area (Å²) in [6.45, 7) is 8.64. The third-order valence-corrected chi connectivity index (χ3v) is 12.2. The Morgan fingerprint density at radius 1 is 0.438 bits per heavy atom. The summed E-state index contributed by atoms with van der Waals surface area (Å²) in [4.78, 5) is 46.6. The van der Waals surface area contributed by atoms with Crippen LogP contribution in [-0.2, 0) is 0 Å². The number of aliphatic hydroxyl groups excluding tert-OH is 2. The Balaban J connectivity index is 1.13. The van der Waals surface area contributed by atoms with E-state index in [0.717, 1.165) is 55.7 Å². The summed E-state index contributed by atoms with van der Waals surface area (Å²) in [5.74, 6) is -1.12. The summed E-state index contributed by atoms with van der Waals surface area (Å²) in [5.41, 5.74) is 13.2. The van der Waals surface area contributed by atoms with E-state index in [-0.39, 0.29) is 30.6 Å². The Kier molecular flexibility index (Phi) is 12.9. The van der Waals surface area contributed by atoms with Crippen LogP contribution in [0.1, 0.15) is 93.0 Å². The molecule has 0 fully saturated rings. The van der Waals surface area contributed by atoms with E-state index in [9.17, 15) is 24.6 Å². The zero-order chi connectivity index (χ0) is 44.9. The normalized spacial score (nSPS) is 16.1. The van der Waals surface area contributed by atoms with Crippen molar-refractivity contribution in [2.24, 2.45) is 0 Å². The Bertz CT molecular complexity index is 2640. The zero-order valence-electron chi connectivity index (χ0n) is 36.7. The maximum absolute atomic E-state index is 14.3. The first kappa shape index (κ1) is 43.5. The van der Waals surface area contributed by atoms with Crippen molar-refractivity contribution in [2.45, 2.75) is 39.5 Å². The van der Waals surface area contributed by atoms with Crippen LogP contribution in [0.2, 0.25) is 0 Å². The lowest BCUT2D eigenvalue weighted by atomic mass is 9.76. The predicted molar refractivity (Wildman–Crippen MR) is 255 cm³/mol. The van der Waals surface area contributed by atoms with Gasteiger partial charge in [-0.1, -0.05) is 157 Å². The fraction of sp³-hybridized carbons (Fsp3) is 0.175. The molecule has 7 nitrogen and oxygen atoms in total. The number of allylic oxidation sites excluding steroid dienone is 4. The topological polar surface area (TPSA) is 98.2 Å². The van der Waals surface area contributed by atoms with E-state index in [2.05, 4.69) is 50.2 Å². The van der Waals surface area contributed by atoms with E-state index >= 15 is 0 Å². The highest BCUT2D eigenvalue weighted by Gasteiger charge is 2.35. The molecular weight excluding hydrogens is 793 g/mol. The van der Waals surface area contributed by atoms with Gasteiger partial charge in [0.15, 0.2) is 17.3 Å². The van der Waals surface area contributed by atoms with Gasteiger partial charge in [0.25, 0.3) is 0 Å². The first-order valence-corrected chi connectivity index (χ1v) is 21.7. The SMILES string of the molecule is Cc1ccc(C)c(C2C(C(=O)c3ccccc3)=CN(CCO)C=C2c2ccc(C(=O)c3ccc(C4=CN(CCO)C=C(C(=O)c5ccccc5)C4c4cc(C)ccc4C)cc3)cc2)c1. The number of ketones is 3. The number of Topliss-reactive ketones (excluding diaryl/α,β-unsaturated/α-hetero) is 2. The molecule has 64 heavy (non-hydrogen) atoms. The van der Waals surface area contributed by atoms with Crippen molar-refractivity contribution in [3.63, 3.8) is 0 Å². The van der Waals surface area contributed by atoms with E-state index in [0.29, 0.717) is 46.5 Å². The highest BCUT2D eigenvalue weighted by Crippen LogP contribution is 2.45. The molecule has 0 spiro atoms. The lowest BCUT2D eigenvalue weighted by molar-refractivity contribution is 0.101. The Hall–Kier alpha value is -7.19. The van der Waals surface area contributed by atoms with Gasteiger partial charge in [-0.15, -0.1) is 0 Å². The fourth-order valence-corrected chi connectivity index (χ4v) is 8.89. The summed E-state index contributed by atoms with van der Waals surface area (Å²) in [7, 11) is 0. The summed E-state index contributed by atoms with van der Waals surface area (Å²) in [6, 6.07) is 46.2. The Morgan fingerprint density at radius 2 is 0.797 bits per heavy atom. The van der Waals surface area contributed by atoms with E-state index in [4.69, 9.17) is 0 Å². The molecule has 8 rings (SSSR count). The largest absolute Gasteiger partial charge is 0.395 e. The van der Waals surface area contributed by atoms with Crippen LogP contribution in [-0.4, -0.2) is 63.7 Å². The Labute approximate surface area is 375 Å². The van der Waals surface area contributed by atoms with Gasteiger partial charge in [-0.25, -0.2) is 0 Å². The van der Waals surface area contributed by atoms with Crippen molar-refractivity contribution < 1.29 is 24.6 Å². The van der Waals surface area contributed by atoms with Gasteiger partial charge in [0.05, 0.1) is 13.2 Å². The second-order valence-electron chi connectivity index (χ2n) is 16.7. The molecule has 2 unspecified atom stereocenters. The number of aliphatic hydroxyl groups is 2. The van der Waals surface area contributed by atoms with Crippen molar-refractivity contribution in [3.8, 4) is 0 Å². The number of hydrogen-bond acceptors (Lipinski definition) is 7. The van der Waals surface area contributed by atoms with Gasteiger partial charge in [0.1, 0.15) is 0 Å². The molecule has 6 aromatic rings. The maximum Gasteiger partial charge on any atom is 0.193 e. The maximum atomic E-state index is 14.3. The number of aryl methyl sites for hydroxylation is 4.